The van der Waals surface area contributed by atoms with Crippen LogP contribution in [0.4, 0.5) is 13.6 Å². The second kappa shape index (κ2) is 12.6. The van der Waals surface area contributed by atoms with E-state index in [1.807, 2.05) is 30.3 Å². The zero-order chi connectivity index (χ0) is 35.6. The predicted octanol–water partition coefficient (Wildman–Crippen LogP) is 5.90. The van der Waals surface area contributed by atoms with E-state index in [9.17, 15) is 23.6 Å². The molecule has 0 radical (unpaired) electrons. The van der Waals surface area contributed by atoms with Crippen molar-refractivity contribution in [1.82, 2.24) is 15.1 Å². The number of hydrogen-bond donors (Lipinski definition) is 1. The molecule has 3 saturated heterocycles. The second-order valence-electron chi connectivity index (χ2n) is 16.3. The first-order valence-electron chi connectivity index (χ1n) is 17.9. The van der Waals surface area contributed by atoms with Gasteiger partial charge in [-0.2, -0.15) is 5.26 Å². The summed E-state index contributed by atoms with van der Waals surface area (Å²) in [5, 5.41) is 13.9. The molecule has 6 aliphatic rings. The average Bonchev–Trinajstić information content (AvgIpc) is 3.77. The summed E-state index contributed by atoms with van der Waals surface area (Å²) < 4.78 is 52.9. The first kappa shape index (κ1) is 35.0. The number of ether oxygens (including phenoxy) is 1. The Morgan fingerprint density at radius 2 is 2.00 bits per heavy atom. The van der Waals surface area contributed by atoms with E-state index in [0.717, 1.165) is 29.4 Å². The third-order valence-corrected chi connectivity index (χ3v) is 12.4. The monoisotopic (exact) mass is 692 g/mol. The Labute approximate surface area is 292 Å². The maximum Gasteiger partial charge on any atom is 0.482 e. The van der Waals surface area contributed by atoms with Gasteiger partial charge in [0.2, 0.25) is 0 Å². The zero-order valence-corrected chi connectivity index (χ0v) is 29.5. The van der Waals surface area contributed by atoms with Crippen LogP contribution in [0.15, 0.2) is 46.6 Å². The molecule has 50 heavy (non-hydrogen) atoms. The summed E-state index contributed by atoms with van der Waals surface area (Å²) in [6.07, 6.45) is 5.12. The number of amides is 2. The van der Waals surface area contributed by atoms with Crippen molar-refractivity contribution in [3.8, 4) is 6.07 Å². The van der Waals surface area contributed by atoms with Crippen molar-refractivity contribution in [1.29, 1.82) is 5.26 Å². The Morgan fingerprint density at radius 1 is 1.22 bits per heavy atom. The molecule has 4 heterocycles. The van der Waals surface area contributed by atoms with Crippen molar-refractivity contribution in [3.05, 3.63) is 47.7 Å². The lowest BCUT2D eigenvalue weighted by molar-refractivity contribution is -0.199. The van der Waals surface area contributed by atoms with Crippen molar-refractivity contribution in [2.75, 3.05) is 26.2 Å². The number of halogens is 2. The second-order valence-corrected chi connectivity index (χ2v) is 16.3. The van der Waals surface area contributed by atoms with Crippen LogP contribution in [0.25, 0.3) is 11.0 Å². The topological polar surface area (TPSA) is 117 Å². The number of rotatable bonds is 8. The number of nitriles is 1. The first-order valence-corrected chi connectivity index (χ1v) is 17.9. The molecular formula is C37H47BF2N4O6. The van der Waals surface area contributed by atoms with E-state index in [2.05, 4.69) is 26.1 Å². The molecule has 0 spiro atoms. The van der Waals surface area contributed by atoms with Gasteiger partial charge in [0.1, 0.15) is 23.3 Å². The first-order chi connectivity index (χ1) is 23.6. The highest BCUT2D eigenvalue weighted by molar-refractivity contribution is 6.48. The van der Waals surface area contributed by atoms with Crippen molar-refractivity contribution >= 4 is 30.1 Å². The number of alkyl carbamates (subject to hydrolysis) is 1. The Kier molecular flexibility index (Phi) is 8.84. The summed E-state index contributed by atoms with van der Waals surface area (Å²) in [4.78, 5) is 30.2. The maximum atomic E-state index is 13.9. The number of para-hydroxylation sites is 1. The molecule has 3 aliphatic heterocycles. The molecule has 6 atom stereocenters. The van der Waals surface area contributed by atoms with Crippen LogP contribution in [0.2, 0.25) is 0 Å². The fourth-order valence-corrected chi connectivity index (χ4v) is 9.25. The summed E-state index contributed by atoms with van der Waals surface area (Å²) in [5.41, 5.74) is 0.320. The molecule has 1 aromatic carbocycles. The van der Waals surface area contributed by atoms with Gasteiger partial charge in [0.05, 0.1) is 37.0 Å². The molecule has 6 fully saturated rings. The normalized spacial score (nSPS) is 31.1. The lowest BCUT2D eigenvalue weighted by atomic mass is 9.43. The molecular weight excluding hydrogens is 645 g/mol. The van der Waals surface area contributed by atoms with Crippen LogP contribution in [0.3, 0.4) is 0 Å². The molecule has 2 amide bonds. The number of carbonyl (C=O) groups excluding carboxylic acids is 2. The zero-order valence-electron chi connectivity index (χ0n) is 29.5. The van der Waals surface area contributed by atoms with Crippen LogP contribution in [-0.4, -0.2) is 90.3 Å². The van der Waals surface area contributed by atoms with Crippen LogP contribution in [0, 0.1) is 28.6 Å². The number of fused-ring (bicyclic) bond motifs is 1. The van der Waals surface area contributed by atoms with E-state index < -0.39 is 54.8 Å². The summed E-state index contributed by atoms with van der Waals surface area (Å²) in [5.74, 6) is -2.96. The molecule has 3 saturated carbocycles. The highest BCUT2D eigenvalue weighted by Crippen LogP contribution is 2.65. The molecule has 3 aliphatic carbocycles. The van der Waals surface area contributed by atoms with E-state index in [1.54, 1.807) is 25.0 Å². The van der Waals surface area contributed by atoms with Gasteiger partial charge >= 0.3 is 13.2 Å². The highest BCUT2D eigenvalue weighted by atomic mass is 19.3. The van der Waals surface area contributed by atoms with E-state index in [-0.39, 0.29) is 36.6 Å². The standard InChI is InChI=1S/C37H47BF2N4O6/c1-34(2,44-14-12-37(39,40)22-44)18-24(19-41)32(45)43-13-8-9-26(20-43)48-33(46)42-31(15-23-21-47-28-11-7-6-10-27(23)28)38-49-30-17-25-16-29(35(25,3)4)36(30,5)50-38/h6-7,10-11,18,21,25-26,29-31H,8-9,12-17,20,22H2,1-5H3,(H,42,46)/t25-,26-,29-,30+,31-,36-/m0/s1. The van der Waals surface area contributed by atoms with Gasteiger partial charge < -0.3 is 28.7 Å². The summed E-state index contributed by atoms with van der Waals surface area (Å²) >= 11 is 0. The van der Waals surface area contributed by atoms with Gasteiger partial charge in [-0.05, 0) is 87.8 Å². The minimum Gasteiger partial charge on any atom is -0.464 e. The van der Waals surface area contributed by atoms with E-state index in [0.29, 0.717) is 37.6 Å². The molecule has 13 heteroatoms. The molecule has 0 unspecified atom stereocenters. The van der Waals surface area contributed by atoms with Gasteiger partial charge in [0.25, 0.3) is 11.8 Å². The van der Waals surface area contributed by atoms with Gasteiger partial charge in [0.15, 0.2) is 0 Å². The lowest BCUT2D eigenvalue weighted by Crippen LogP contribution is -2.65. The van der Waals surface area contributed by atoms with Crippen molar-refractivity contribution in [2.24, 2.45) is 17.3 Å². The molecule has 268 valence electrons. The number of nitrogens with zero attached hydrogens (tertiary/aromatic N) is 3. The van der Waals surface area contributed by atoms with Crippen LogP contribution in [-0.2, 0) is 25.3 Å². The molecule has 8 rings (SSSR count). The highest BCUT2D eigenvalue weighted by Gasteiger charge is 2.68. The van der Waals surface area contributed by atoms with Gasteiger partial charge in [0, 0.05) is 30.4 Å². The number of hydrogen-bond acceptors (Lipinski definition) is 8. The summed E-state index contributed by atoms with van der Waals surface area (Å²) in [6, 6.07) is 9.72. The van der Waals surface area contributed by atoms with Crippen molar-refractivity contribution in [2.45, 2.75) is 108 Å². The van der Waals surface area contributed by atoms with Crippen LogP contribution in [0.5, 0.6) is 0 Å². The molecule has 1 aromatic heterocycles. The number of likely N-dealkylation sites (tertiary alicyclic amines) is 2. The number of furan rings is 1. The number of nitrogens with one attached hydrogen (secondary N) is 1. The smallest absolute Gasteiger partial charge is 0.464 e. The molecule has 2 aromatic rings. The third-order valence-electron chi connectivity index (χ3n) is 12.4. The number of benzene rings is 1. The predicted molar refractivity (Wildman–Crippen MR) is 182 cm³/mol. The Hall–Kier alpha value is -3.47. The quantitative estimate of drug-likeness (QED) is 0.207. The largest absolute Gasteiger partial charge is 0.482 e. The van der Waals surface area contributed by atoms with Gasteiger partial charge in [-0.25, -0.2) is 13.6 Å². The van der Waals surface area contributed by atoms with Crippen LogP contribution >= 0.6 is 0 Å². The Balaban J connectivity index is 1.03. The van der Waals surface area contributed by atoms with Crippen molar-refractivity contribution < 1.29 is 36.8 Å². The maximum absolute atomic E-state index is 13.9. The lowest BCUT2D eigenvalue weighted by Gasteiger charge is -2.64. The van der Waals surface area contributed by atoms with E-state index in [1.165, 1.54) is 11.0 Å². The van der Waals surface area contributed by atoms with Crippen LogP contribution < -0.4 is 5.32 Å². The Morgan fingerprint density at radius 3 is 2.72 bits per heavy atom. The minimum absolute atomic E-state index is 0.0714. The third kappa shape index (κ3) is 6.32. The average molecular weight is 693 g/mol. The summed E-state index contributed by atoms with van der Waals surface area (Å²) in [7, 11) is -0.701. The van der Waals surface area contributed by atoms with E-state index in [4.69, 9.17) is 18.5 Å². The molecule has 10 nitrogen and oxygen atoms in total. The SMILES string of the molecule is CC1(C)[C@@H]2C[C@H]3OB([C@H](Cc4coc5ccccc45)NC(=O)O[C@H]4CCCN(C(=O)C(C#N)=CC(C)(C)N5CCC(F)(F)C5)C4)O[C@@]3(C)[C@H]1C2. The van der Waals surface area contributed by atoms with Gasteiger partial charge in [-0.15, -0.1) is 0 Å². The Bertz CT molecular complexity index is 1720. The minimum atomic E-state index is -2.80. The molecule has 2 bridgehead atoms. The summed E-state index contributed by atoms with van der Waals surface area (Å²) in [6.45, 7) is 10.4. The fourth-order valence-electron chi connectivity index (χ4n) is 9.25. The molecule has 1 N–H and O–H groups in total. The van der Waals surface area contributed by atoms with Crippen LogP contribution in [0.1, 0.15) is 72.3 Å². The fraction of sp³-hybridized carbons (Fsp3) is 0.649. The van der Waals surface area contributed by atoms with Gasteiger partial charge in [-0.1, -0.05) is 32.0 Å². The number of piperidine rings is 1. The number of alkyl halides is 2. The van der Waals surface area contributed by atoms with E-state index >= 15 is 0 Å². The van der Waals surface area contributed by atoms with Crippen molar-refractivity contribution in [3.63, 3.8) is 0 Å². The number of carbonyl (C=O) groups is 2. The van der Waals surface area contributed by atoms with Gasteiger partial charge in [-0.3, -0.25) is 9.69 Å².